The smallest absolute Gasteiger partial charge is 0.319 e. The number of ether oxygens (including phenoxy) is 1. The summed E-state index contributed by atoms with van der Waals surface area (Å²) in [6.45, 7) is 3.93. The Morgan fingerprint density at radius 3 is 2.71 bits per heavy atom. The maximum Gasteiger partial charge on any atom is 0.319 e. The van der Waals surface area contributed by atoms with E-state index in [-0.39, 0.29) is 5.97 Å². The van der Waals surface area contributed by atoms with Crippen LogP contribution in [0.4, 0.5) is 0 Å². The van der Waals surface area contributed by atoms with Crippen LogP contribution in [0.5, 0.6) is 0 Å². The molecule has 0 aliphatic carbocycles. The van der Waals surface area contributed by atoms with E-state index < -0.39 is 0 Å². The lowest BCUT2D eigenvalue weighted by molar-refractivity contribution is -0.139. The van der Waals surface area contributed by atoms with Crippen LogP contribution in [0.1, 0.15) is 12.8 Å². The molecule has 3 rings (SSSR count). The van der Waals surface area contributed by atoms with Crippen LogP contribution in [0.2, 0.25) is 0 Å². The zero-order valence-electron chi connectivity index (χ0n) is 8.66. The Hall–Kier alpha value is -0.610. The second-order valence-electron chi connectivity index (χ2n) is 4.20. The Morgan fingerprint density at radius 1 is 1.50 bits per heavy atom. The van der Waals surface area contributed by atoms with Crippen molar-refractivity contribution in [1.29, 1.82) is 0 Å². The highest BCUT2D eigenvalue weighted by atomic mass is 16.5. The number of hydrogen-bond acceptors (Lipinski definition) is 4. The number of nitrogens with one attached hydrogen (secondary N) is 1. The van der Waals surface area contributed by atoms with E-state index in [2.05, 4.69) is 15.0 Å². The predicted octanol–water partition coefficient (Wildman–Crippen LogP) is -0.157. The summed E-state index contributed by atoms with van der Waals surface area (Å²) in [7, 11) is 1.43. The molecule has 0 spiro atoms. The summed E-state index contributed by atoms with van der Waals surface area (Å²) in [5.74, 6) is 0.603. The van der Waals surface area contributed by atoms with Gasteiger partial charge in [-0.1, -0.05) is 0 Å². The van der Waals surface area contributed by atoms with Crippen molar-refractivity contribution in [2.75, 3.05) is 33.3 Å². The number of hydrogen-bond donors (Lipinski definition) is 1. The summed E-state index contributed by atoms with van der Waals surface area (Å²) < 4.78 is 4.61. The van der Waals surface area contributed by atoms with Crippen molar-refractivity contribution >= 4 is 5.97 Å². The molecule has 4 nitrogen and oxygen atoms in total. The number of methoxy groups -OCH3 is 1. The van der Waals surface area contributed by atoms with E-state index in [0.29, 0.717) is 12.6 Å². The number of carbonyl (C=O) groups is 1. The molecule has 3 aliphatic rings. The number of rotatable bonds is 3. The third-order valence-electron chi connectivity index (χ3n) is 3.39. The molecule has 14 heavy (non-hydrogen) atoms. The topological polar surface area (TPSA) is 41.6 Å². The molecular formula is C10H18N2O2. The first-order valence-electron chi connectivity index (χ1n) is 5.32. The number of nitrogens with zero attached hydrogens (tertiary/aromatic N) is 1. The Labute approximate surface area is 84.6 Å². The molecule has 1 atom stereocenters. The second kappa shape index (κ2) is 4.28. The van der Waals surface area contributed by atoms with E-state index >= 15 is 0 Å². The summed E-state index contributed by atoms with van der Waals surface area (Å²) in [5, 5.41) is 3.29. The van der Waals surface area contributed by atoms with Crippen molar-refractivity contribution in [3.63, 3.8) is 0 Å². The van der Waals surface area contributed by atoms with Gasteiger partial charge in [0.1, 0.15) is 0 Å². The SMILES string of the molecule is COC(=O)CNC1CN2CCC1CC2. The van der Waals surface area contributed by atoms with Gasteiger partial charge in [0.05, 0.1) is 13.7 Å². The maximum atomic E-state index is 11.0. The van der Waals surface area contributed by atoms with Crippen molar-refractivity contribution < 1.29 is 9.53 Å². The average molecular weight is 198 g/mol. The van der Waals surface area contributed by atoms with E-state index in [1.165, 1.54) is 33.0 Å². The van der Waals surface area contributed by atoms with Crippen molar-refractivity contribution in [1.82, 2.24) is 10.2 Å². The molecule has 1 N–H and O–H groups in total. The molecular weight excluding hydrogens is 180 g/mol. The molecule has 4 heteroatoms. The first-order valence-corrected chi connectivity index (χ1v) is 5.32. The molecule has 80 valence electrons. The number of piperidine rings is 3. The molecule has 3 heterocycles. The van der Waals surface area contributed by atoms with E-state index in [1.807, 2.05) is 0 Å². The summed E-state index contributed by atoms with van der Waals surface area (Å²) in [6, 6.07) is 0.497. The zero-order chi connectivity index (χ0) is 9.97. The second-order valence-corrected chi connectivity index (χ2v) is 4.20. The Bertz CT molecular complexity index is 212. The van der Waals surface area contributed by atoms with Gasteiger partial charge in [-0.3, -0.25) is 4.79 Å². The summed E-state index contributed by atoms with van der Waals surface area (Å²) in [5.41, 5.74) is 0. The van der Waals surface area contributed by atoms with Gasteiger partial charge in [-0.2, -0.15) is 0 Å². The standard InChI is InChI=1S/C10H18N2O2/c1-14-10(13)6-11-9-7-12-4-2-8(9)3-5-12/h8-9,11H,2-7H2,1H3. The van der Waals surface area contributed by atoms with Crippen molar-refractivity contribution in [2.45, 2.75) is 18.9 Å². The van der Waals surface area contributed by atoms with E-state index in [0.717, 1.165) is 12.5 Å². The van der Waals surface area contributed by atoms with Crippen LogP contribution in [0.3, 0.4) is 0 Å². The van der Waals surface area contributed by atoms with Gasteiger partial charge in [-0.25, -0.2) is 0 Å². The highest BCUT2D eigenvalue weighted by Crippen LogP contribution is 2.27. The molecule has 0 aromatic heterocycles. The van der Waals surface area contributed by atoms with Gasteiger partial charge in [0.15, 0.2) is 0 Å². The summed E-state index contributed by atoms with van der Waals surface area (Å²) >= 11 is 0. The predicted molar refractivity (Wildman–Crippen MR) is 53.0 cm³/mol. The minimum Gasteiger partial charge on any atom is -0.468 e. The maximum absolute atomic E-state index is 11.0. The van der Waals surface area contributed by atoms with E-state index in [1.54, 1.807) is 0 Å². The lowest BCUT2D eigenvalue weighted by atomic mass is 9.84. The van der Waals surface area contributed by atoms with Gasteiger partial charge >= 0.3 is 5.97 Å². The minimum absolute atomic E-state index is 0.165. The van der Waals surface area contributed by atoms with E-state index in [9.17, 15) is 4.79 Å². The molecule has 0 aromatic rings. The lowest BCUT2D eigenvalue weighted by Gasteiger charge is -2.45. The van der Waals surface area contributed by atoms with Crippen LogP contribution in [0.15, 0.2) is 0 Å². The van der Waals surface area contributed by atoms with Crippen LogP contribution in [-0.4, -0.2) is 50.2 Å². The quantitative estimate of drug-likeness (QED) is 0.640. The first-order chi connectivity index (χ1) is 6.79. The Morgan fingerprint density at radius 2 is 2.21 bits per heavy atom. The van der Waals surface area contributed by atoms with E-state index in [4.69, 9.17) is 0 Å². The highest BCUT2D eigenvalue weighted by Gasteiger charge is 2.33. The van der Waals surface area contributed by atoms with Crippen LogP contribution in [0, 0.1) is 5.92 Å². The molecule has 0 aromatic carbocycles. The third kappa shape index (κ3) is 2.07. The van der Waals surface area contributed by atoms with Crippen LogP contribution in [0.25, 0.3) is 0 Å². The average Bonchev–Trinajstić information content (AvgIpc) is 2.27. The van der Waals surface area contributed by atoms with Crippen LogP contribution < -0.4 is 5.32 Å². The fourth-order valence-corrected chi connectivity index (χ4v) is 2.48. The molecule has 0 amide bonds. The van der Waals surface area contributed by atoms with Gasteiger partial charge in [-0.15, -0.1) is 0 Å². The lowest BCUT2D eigenvalue weighted by Crippen LogP contribution is -2.56. The highest BCUT2D eigenvalue weighted by molar-refractivity contribution is 5.71. The molecule has 0 saturated carbocycles. The molecule has 3 aliphatic heterocycles. The van der Waals surface area contributed by atoms with Crippen LogP contribution >= 0.6 is 0 Å². The molecule has 3 fully saturated rings. The van der Waals surface area contributed by atoms with Gasteiger partial charge in [-0.05, 0) is 31.8 Å². The van der Waals surface area contributed by atoms with Gasteiger partial charge in [0.2, 0.25) is 0 Å². The molecule has 3 saturated heterocycles. The normalized spacial score (nSPS) is 35.6. The summed E-state index contributed by atoms with van der Waals surface area (Å²) in [6.07, 6.45) is 2.55. The monoisotopic (exact) mass is 198 g/mol. The van der Waals surface area contributed by atoms with Crippen molar-refractivity contribution in [3.8, 4) is 0 Å². The number of fused-ring (bicyclic) bond motifs is 3. The fraction of sp³-hybridized carbons (Fsp3) is 0.900. The van der Waals surface area contributed by atoms with Crippen LogP contribution in [-0.2, 0) is 9.53 Å². The minimum atomic E-state index is -0.165. The third-order valence-corrected chi connectivity index (χ3v) is 3.39. The van der Waals surface area contributed by atoms with Gasteiger partial charge < -0.3 is 15.0 Å². The number of carbonyl (C=O) groups excluding carboxylic acids is 1. The van der Waals surface area contributed by atoms with Gasteiger partial charge in [0, 0.05) is 12.6 Å². The Balaban J connectivity index is 1.78. The zero-order valence-corrected chi connectivity index (χ0v) is 8.66. The molecule has 1 unspecified atom stereocenters. The first kappa shape index (κ1) is 9.93. The molecule has 2 bridgehead atoms. The van der Waals surface area contributed by atoms with Crippen molar-refractivity contribution in [3.05, 3.63) is 0 Å². The van der Waals surface area contributed by atoms with Gasteiger partial charge in [0.25, 0.3) is 0 Å². The fourth-order valence-electron chi connectivity index (χ4n) is 2.48. The van der Waals surface area contributed by atoms with Crippen molar-refractivity contribution in [2.24, 2.45) is 5.92 Å². The number of esters is 1. The molecule has 0 radical (unpaired) electrons. The largest absolute Gasteiger partial charge is 0.468 e. The Kier molecular flexibility index (Phi) is 3.03. The summed E-state index contributed by atoms with van der Waals surface area (Å²) in [4.78, 5) is 13.4.